The summed E-state index contributed by atoms with van der Waals surface area (Å²) in [5.74, 6) is 1.43. The number of rotatable bonds is 1. The first-order valence-electron chi connectivity index (χ1n) is 10.8. The molecular weight excluding hydrogens is 398 g/mol. The fourth-order valence-electron chi connectivity index (χ4n) is 5.67. The Kier molecular flexibility index (Phi) is 4.27. The molecule has 2 saturated heterocycles. The molecule has 6 heteroatoms. The van der Waals surface area contributed by atoms with E-state index >= 15 is 0 Å². The molecule has 2 fully saturated rings. The second-order valence-corrected chi connectivity index (χ2v) is 9.11. The van der Waals surface area contributed by atoms with Crippen molar-refractivity contribution in [2.45, 2.75) is 37.0 Å². The van der Waals surface area contributed by atoms with Crippen LogP contribution in [-0.4, -0.2) is 35.9 Å². The van der Waals surface area contributed by atoms with Crippen LogP contribution in [-0.2, 0) is 10.2 Å². The zero-order valence-corrected chi connectivity index (χ0v) is 17.5. The Morgan fingerprint density at radius 1 is 1.13 bits per heavy atom. The van der Waals surface area contributed by atoms with Crippen molar-refractivity contribution in [2.24, 2.45) is 0 Å². The Balaban J connectivity index is 1.64. The highest BCUT2D eigenvalue weighted by Gasteiger charge is 2.47. The van der Waals surface area contributed by atoms with Gasteiger partial charge >= 0.3 is 0 Å². The minimum absolute atomic E-state index is 0.237. The van der Waals surface area contributed by atoms with Crippen LogP contribution in [0.2, 0.25) is 5.02 Å². The molecule has 1 aromatic heterocycles. The Morgan fingerprint density at radius 2 is 1.93 bits per heavy atom. The maximum absolute atomic E-state index is 13.0. The molecule has 2 aromatic carbocycles. The summed E-state index contributed by atoms with van der Waals surface area (Å²) in [6, 6.07) is 12.6. The smallest absolute Gasteiger partial charge is 0.282 e. The second-order valence-electron chi connectivity index (χ2n) is 8.71. The average Bonchev–Trinajstić information content (AvgIpc) is 3.04. The first-order valence-corrected chi connectivity index (χ1v) is 11.2. The van der Waals surface area contributed by atoms with Crippen molar-refractivity contribution in [3.8, 4) is 5.69 Å². The van der Waals surface area contributed by atoms with Crippen LogP contribution < -0.4 is 10.9 Å². The van der Waals surface area contributed by atoms with Crippen LogP contribution in [0.3, 0.4) is 0 Å². The van der Waals surface area contributed by atoms with Gasteiger partial charge in [0.25, 0.3) is 5.56 Å². The topological polar surface area (TPSA) is 56.2 Å². The number of nitrogens with zero attached hydrogens (tertiary/aromatic N) is 2. The van der Waals surface area contributed by atoms with Gasteiger partial charge in [0.2, 0.25) is 0 Å². The number of fused-ring (bicyclic) bond motifs is 7. The van der Waals surface area contributed by atoms with Gasteiger partial charge in [-0.05, 0) is 74.0 Å². The summed E-state index contributed by atoms with van der Waals surface area (Å²) in [7, 11) is 0. The number of aromatic nitrogens is 2. The molecule has 0 bridgehead atoms. The largest absolute Gasteiger partial charge is 0.381 e. The van der Waals surface area contributed by atoms with Crippen molar-refractivity contribution in [1.82, 2.24) is 14.9 Å². The Bertz CT molecular complexity index is 1210. The van der Waals surface area contributed by atoms with Crippen LogP contribution in [0.1, 0.15) is 48.6 Å². The van der Waals surface area contributed by atoms with Gasteiger partial charge in [-0.3, -0.25) is 9.36 Å². The fourth-order valence-corrected chi connectivity index (χ4v) is 5.92. The molecule has 3 aliphatic rings. The molecular formula is C24H24ClN3O2. The van der Waals surface area contributed by atoms with E-state index in [1.165, 1.54) is 11.1 Å². The van der Waals surface area contributed by atoms with E-state index in [0.29, 0.717) is 29.5 Å². The van der Waals surface area contributed by atoms with Crippen molar-refractivity contribution in [1.29, 1.82) is 0 Å². The van der Waals surface area contributed by atoms with E-state index in [2.05, 4.69) is 33.1 Å². The lowest BCUT2D eigenvalue weighted by Gasteiger charge is -2.34. The van der Waals surface area contributed by atoms with E-state index in [0.717, 1.165) is 55.8 Å². The molecule has 3 aromatic rings. The number of piperidine rings is 1. The summed E-state index contributed by atoms with van der Waals surface area (Å²) in [5, 5.41) is 4.42. The molecule has 0 aliphatic carbocycles. The number of ether oxygens (including phenoxy) is 1. The minimum Gasteiger partial charge on any atom is -0.381 e. The van der Waals surface area contributed by atoms with Crippen LogP contribution >= 0.6 is 11.6 Å². The molecule has 6 rings (SSSR count). The summed E-state index contributed by atoms with van der Waals surface area (Å²) >= 11 is 6.42. The average molecular weight is 422 g/mol. The number of benzene rings is 2. The lowest BCUT2D eigenvalue weighted by Crippen LogP contribution is -2.36. The van der Waals surface area contributed by atoms with Gasteiger partial charge in [0, 0.05) is 13.2 Å². The Morgan fingerprint density at radius 3 is 2.73 bits per heavy atom. The van der Waals surface area contributed by atoms with E-state index in [4.69, 9.17) is 16.3 Å². The molecule has 1 N–H and O–H groups in total. The predicted molar refractivity (Wildman–Crippen MR) is 118 cm³/mol. The van der Waals surface area contributed by atoms with Gasteiger partial charge in [-0.1, -0.05) is 29.8 Å². The summed E-state index contributed by atoms with van der Waals surface area (Å²) in [6.45, 7) is 3.50. The Labute approximate surface area is 180 Å². The molecule has 0 radical (unpaired) electrons. The highest BCUT2D eigenvalue weighted by Crippen LogP contribution is 2.50. The normalized spacial score (nSPS) is 20.4. The van der Waals surface area contributed by atoms with E-state index in [1.807, 2.05) is 12.1 Å². The van der Waals surface area contributed by atoms with Crippen LogP contribution in [0.4, 0.5) is 0 Å². The standard InChI is InChI=1S/C24H24ClN3O2/c25-18-2-1-3-20-21(18)22(29)27-23-24(8-12-30-13-9-24)17-14-16(4-5-19(17)28(20)23)15-6-10-26-11-7-15/h1-5,14-15,26H,6-13H2. The van der Waals surface area contributed by atoms with Crippen molar-refractivity contribution in [3.05, 3.63) is 68.7 Å². The molecule has 0 amide bonds. The predicted octanol–water partition coefficient (Wildman–Crippen LogP) is 3.92. The minimum atomic E-state index is -0.272. The molecule has 0 saturated carbocycles. The van der Waals surface area contributed by atoms with E-state index < -0.39 is 0 Å². The van der Waals surface area contributed by atoms with Crippen molar-refractivity contribution < 1.29 is 4.74 Å². The number of halogens is 1. The van der Waals surface area contributed by atoms with E-state index in [9.17, 15) is 4.79 Å². The lowest BCUT2D eigenvalue weighted by atomic mass is 9.73. The molecule has 4 heterocycles. The summed E-state index contributed by atoms with van der Waals surface area (Å²) < 4.78 is 7.90. The highest BCUT2D eigenvalue weighted by molar-refractivity contribution is 6.35. The zero-order chi connectivity index (χ0) is 20.3. The van der Waals surface area contributed by atoms with Crippen molar-refractivity contribution >= 4 is 22.5 Å². The number of hydrogen-bond donors (Lipinski definition) is 1. The first kappa shape index (κ1) is 18.6. The quantitative estimate of drug-likeness (QED) is 0.647. The number of nitrogens with one attached hydrogen (secondary N) is 1. The van der Waals surface area contributed by atoms with Crippen LogP contribution in [0.5, 0.6) is 0 Å². The lowest BCUT2D eigenvalue weighted by molar-refractivity contribution is 0.0620. The SMILES string of the molecule is O=c1nc2n(c3cccc(Cl)c13)-c1ccc(C3CCNCC3)cc1C21CCOCC1. The second kappa shape index (κ2) is 6.91. The van der Waals surface area contributed by atoms with Gasteiger partial charge in [-0.25, -0.2) is 0 Å². The van der Waals surface area contributed by atoms with Gasteiger partial charge in [0.05, 0.1) is 27.0 Å². The third-order valence-electron chi connectivity index (χ3n) is 7.23. The maximum Gasteiger partial charge on any atom is 0.282 e. The highest BCUT2D eigenvalue weighted by atomic mass is 35.5. The maximum atomic E-state index is 13.0. The third-order valence-corrected chi connectivity index (χ3v) is 7.54. The fraction of sp³-hybridized carbons (Fsp3) is 0.417. The summed E-state index contributed by atoms with van der Waals surface area (Å²) in [6.07, 6.45) is 4.01. The van der Waals surface area contributed by atoms with Crippen molar-refractivity contribution in [3.63, 3.8) is 0 Å². The monoisotopic (exact) mass is 421 g/mol. The molecule has 5 nitrogen and oxygen atoms in total. The van der Waals surface area contributed by atoms with E-state index in [1.54, 1.807) is 6.07 Å². The van der Waals surface area contributed by atoms with Crippen molar-refractivity contribution in [2.75, 3.05) is 26.3 Å². The molecule has 0 atom stereocenters. The van der Waals surface area contributed by atoms with Crippen LogP contribution in [0.25, 0.3) is 16.6 Å². The summed E-state index contributed by atoms with van der Waals surface area (Å²) in [4.78, 5) is 17.6. The van der Waals surface area contributed by atoms with E-state index in [-0.39, 0.29) is 11.0 Å². The zero-order valence-electron chi connectivity index (χ0n) is 16.8. The molecule has 30 heavy (non-hydrogen) atoms. The third kappa shape index (κ3) is 2.55. The molecule has 154 valence electrons. The van der Waals surface area contributed by atoms with Gasteiger partial charge in [0.15, 0.2) is 0 Å². The summed E-state index contributed by atoms with van der Waals surface area (Å²) in [5.41, 5.74) is 4.16. The Hall–Kier alpha value is -2.21. The van der Waals surface area contributed by atoms with Crippen LogP contribution in [0, 0.1) is 0 Å². The van der Waals surface area contributed by atoms with Gasteiger partial charge in [-0.15, -0.1) is 0 Å². The van der Waals surface area contributed by atoms with Gasteiger partial charge < -0.3 is 10.1 Å². The molecule has 0 unspecified atom stereocenters. The van der Waals surface area contributed by atoms with Gasteiger partial charge in [-0.2, -0.15) is 4.98 Å². The molecule has 3 aliphatic heterocycles. The number of hydrogen-bond acceptors (Lipinski definition) is 4. The van der Waals surface area contributed by atoms with Gasteiger partial charge in [0.1, 0.15) is 5.82 Å². The molecule has 1 spiro atoms. The van der Waals surface area contributed by atoms with Crippen LogP contribution in [0.15, 0.2) is 41.2 Å². The first-order chi connectivity index (χ1) is 14.7.